The molecule has 2 aromatic carbocycles. The number of carbonyl (C=O) groups excluding carboxylic acids is 1. The van der Waals surface area contributed by atoms with Crippen LogP contribution in [-0.2, 0) is 11.0 Å². The zero-order valence-electron chi connectivity index (χ0n) is 17.8. The number of amides is 1. The van der Waals surface area contributed by atoms with Crippen molar-refractivity contribution in [2.75, 3.05) is 44.8 Å². The second kappa shape index (κ2) is 10.2. The van der Waals surface area contributed by atoms with Crippen LogP contribution >= 0.6 is 11.6 Å². The Hall–Kier alpha value is -2.87. The Kier molecular flexibility index (Phi) is 7.56. The summed E-state index contributed by atoms with van der Waals surface area (Å²) in [6.07, 6.45) is -1.29. The average molecular weight is 469 g/mol. The average Bonchev–Trinajstić information content (AvgIpc) is 2.78. The minimum atomic E-state index is -4.38. The summed E-state index contributed by atoms with van der Waals surface area (Å²) in [7, 11) is 1.51. The van der Waals surface area contributed by atoms with Gasteiger partial charge in [0.15, 0.2) is 11.5 Å². The van der Waals surface area contributed by atoms with Crippen molar-refractivity contribution in [3.63, 3.8) is 0 Å². The Morgan fingerprint density at radius 1 is 1.16 bits per heavy atom. The lowest BCUT2D eigenvalue weighted by atomic mass is 10.1. The fraction of sp³-hybridized carbons (Fsp3) is 0.348. The van der Waals surface area contributed by atoms with E-state index in [0.717, 1.165) is 12.1 Å². The predicted octanol–water partition coefficient (Wildman–Crippen LogP) is 5.13. The summed E-state index contributed by atoms with van der Waals surface area (Å²) in [5.41, 5.74) is 0.505. The number of methoxy groups -OCH3 is 1. The zero-order valence-corrected chi connectivity index (χ0v) is 18.5. The van der Waals surface area contributed by atoms with Crippen molar-refractivity contribution in [3.05, 3.63) is 58.6 Å². The number of anilines is 1. The molecule has 0 saturated carbocycles. The fourth-order valence-corrected chi connectivity index (χ4v) is 3.73. The van der Waals surface area contributed by atoms with Crippen LogP contribution in [0.1, 0.15) is 18.1 Å². The number of nitrogens with zero attached hydrogens (tertiary/aromatic N) is 2. The third-order valence-electron chi connectivity index (χ3n) is 5.09. The smallest absolute Gasteiger partial charge is 0.416 e. The highest BCUT2D eigenvalue weighted by Crippen LogP contribution is 2.37. The Morgan fingerprint density at radius 2 is 1.88 bits per heavy atom. The van der Waals surface area contributed by atoms with E-state index in [0.29, 0.717) is 60.6 Å². The Bertz CT molecular complexity index is 987. The molecule has 1 aliphatic heterocycles. The first-order valence-corrected chi connectivity index (χ1v) is 10.5. The third kappa shape index (κ3) is 5.68. The number of piperazine rings is 1. The molecular formula is C23H24ClF3N2O3. The van der Waals surface area contributed by atoms with Crippen LogP contribution < -0.4 is 14.4 Å². The number of benzene rings is 2. The maximum Gasteiger partial charge on any atom is 0.416 e. The van der Waals surface area contributed by atoms with Gasteiger partial charge in [0.25, 0.3) is 0 Å². The van der Waals surface area contributed by atoms with Crippen molar-refractivity contribution in [2.45, 2.75) is 13.1 Å². The first-order chi connectivity index (χ1) is 15.2. The summed E-state index contributed by atoms with van der Waals surface area (Å²) >= 11 is 6.26. The Balaban J connectivity index is 1.63. The standard InChI is InChI=1S/C23H24ClF3N2O3/c1-3-32-22-19(24)13-16(14-20(22)31-2)7-8-21(30)29-11-9-28(10-12-29)18-6-4-5-17(15-18)23(25,26)27/h4-8,13-15H,3,9-12H2,1-2H3/b8-7+. The molecule has 9 heteroatoms. The van der Waals surface area contributed by atoms with Gasteiger partial charge in [-0.15, -0.1) is 0 Å². The van der Waals surface area contributed by atoms with E-state index in [-0.39, 0.29) is 5.91 Å². The summed E-state index contributed by atoms with van der Waals surface area (Å²) in [4.78, 5) is 16.1. The molecule has 0 bridgehead atoms. The first-order valence-electron chi connectivity index (χ1n) is 10.1. The van der Waals surface area contributed by atoms with Crippen LogP contribution in [0.15, 0.2) is 42.5 Å². The lowest BCUT2D eigenvalue weighted by molar-refractivity contribution is -0.137. The van der Waals surface area contributed by atoms with Gasteiger partial charge in [0.05, 0.1) is 24.3 Å². The number of ether oxygens (including phenoxy) is 2. The molecule has 0 aliphatic carbocycles. The van der Waals surface area contributed by atoms with Gasteiger partial charge in [-0.3, -0.25) is 4.79 Å². The van der Waals surface area contributed by atoms with Gasteiger partial charge in [0, 0.05) is 37.9 Å². The topological polar surface area (TPSA) is 42.0 Å². The number of carbonyl (C=O) groups is 1. The highest BCUT2D eigenvalue weighted by atomic mass is 35.5. The third-order valence-corrected chi connectivity index (χ3v) is 5.37. The van der Waals surface area contributed by atoms with Gasteiger partial charge < -0.3 is 19.3 Å². The number of hydrogen-bond acceptors (Lipinski definition) is 4. The predicted molar refractivity (Wildman–Crippen MR) is 118 cm³/mol. The molecule has 0 atom stereocenters. The van der Waals surface area contributed by atoms with Crippen LogP contribution in [0.3, 0.4) is 0 Å². The van der Waals surface area contributed by atoms with E-state index >= 15 is 0 Å². The highest BCUT2D eigenvalue weighted by molar-refractivity contribution is 6.32. The molecule has 0 radical (unpaired) electrons. The van der Waals surface area contributed by atoms with Gasteiger partial charge in [-0.1, -0.05) is 17.7 Å². The zero-order chi connectivity index (χ0) is 23.3. The van der Waals surface area contributed by atoms with E-state index in [4.69, 9.17) is 21.1 Å². The van der Waals surface area contributed by atoms with E-state index in [1.165, 1.54) is 19.3 Å². The molecule has 0 N–H and O–H groups in total. The molecule has 1 aliphatic rings. The van der Waals surface area contributed by atoms with Crippen LogP contribution in [0.5, 0.6) is 11.5 Å². The van der Waals surface area contributed by atoms with Crippen molar-refractivity contribution in [2.24, 2.45) is 0 Å². The molecule has 3 rings (SSSR count). The van der Waals surface area contributed by atoms with Gasteiger partial charge in [-0.2, -0.15) is 13.2 Å². The van der Waals surface area contributed by atoms with Gasteiger partial charge in [0.2, 0.25) is 5.91 Å². The van der Waals surface area contributed by atoms with E-state index in [1.54, 1.807) is 29.2 Å². The van der Waals surface area contributed by atoms with Crippen LogP contribution in [0.25, 0.3) is 6.08 Å². The van der Waals surface area contributed by atoms with Crippen LogP contribution in [0.2, 0.25) is 5.02 Å². The molecule has 172 valence electrons. The first kappa shape index (κ1) is 23.8. The molecule has 0 aromatic heterocycles. The lowest BCUT2D eigenvalue weighted by Crippen LogP contribution is -2.48. The molecule has 1 saturated heterocycles. The molecule has 0 unspecified atom stereocenters. The molecule has 0 spiro atoms. The number of hydrogen-bond donors (Lipinski definition) is 0. The summed E-state index contributed by atoms with van der Waals surface area (Å²) in [5, 5.41) is 0.382. The summed E-state index contributed by atoms with van der Waals surface area (Å²) < 4.78 is 49.7. The lowest BCUT2D eigenvalue weighted by Gasteiger charge is -2.35. The number of halogens is 4. The molecule has 5 nitrogen and oxygen atoms in total. The van der Waals surface area contributed by atoms with E-state index < -0.39 is 11.7 Å². The van der Waals surface area contributed by atoms with Crippen molar-refractivity contribution in [3.8, 4) is 11.5 Å². The quantitative estimate of drug-likeness (QED) is 0.551. The largest absolute Gasteiger partial charge is 0.493 e. The van der Waals surface area contributed by atoms with Crippen LogP contribution in [-0.4, -0.2) is 50.7 Å². The van der Waals surface area contributed by atoms with Gasteiger partial charge in [0.1, 0.15) is 0 Å². The van der Waals surface area contributed by atoms with Gasteiger partial charge in [-0.25, -0.2) is 0 Å². The molecular weight excluding hydrogens is 445 g/mol. The number of rotatable bonds is 6. The normalized spacial score (nSPS) is 14.7. The van der Waals surface area contributed by atoms with Crippen molar-refractivity contribution in [1.82, 2.24) is 4.90 Å². The second-order valence-electron chi connectivity index (χ2n) is 7.16. The highest BCUT2D eigenvalue weighted by Gasteiger charge is 2.31. The van der Waals surface area contributed by atoms with Gasteiger partial charge in [-0.05, 0) is 48.9 Å². The molecule has 1 amide bonds. The fourth-order valence-electron chi connectivity index (χ4n) is 3.46. The minimum Gasteiger partial charge on any atom is -0.493 e. The van der Waals surface area contributed by atoms with Crippen LogP contribution in [0.4, 0.5) is 18.9 Å². The minimum absolute atomic E-state index is 0.183. The molecule has 2 aromatic rings. The molecule has 1 fully saturated rings. The summed E-state index contributed by atoms with van der Waals surface area (Å²) in [5.74, 6) is 0.740. The maximum absolute atomic E-state index is 13.0. The maximum atomic E-state index is 13.0. The van der Waals surface area contributed by atoms with Crippen molar-refractivity contribution < 1.29 is 27.4 Å². The Labute approximate surface area is 190 Å². The molecule has 1 heterocycles. The Morgan fingerprint density at radius 3 is 2.50 bits per heavy atom. The summed E-state index contributed by atoms with van der Waals surface area (Å²) in [6.45, 7) is 4.00. The van der Waals surface area contributed by atoms with Crippen LogP contribution in [0, 0.1) is 0 Å². The number of alkyl halides is 3. The van der Waals surface area contributed by atoms with Crippen molar-refractivity contribution in [1.29, 1.82) is 0 Å². The molecule has 32 heavy (non-hydrogen) atoms. The van der Waals surface area contributed by atoms with E-state index in [2.05, 4.69) is 0 Å². The van der Waals surface area contributed by atoms with Crippen molar-refractivity contribution >= 4 is 29.3 Å². The summed E-state index contributed by atoms with van der Waals surface area (Å²) in [6, 6.07) is 8.65. The van der Waals surface area contributed by atoms with E-state index in [9.17, 15) is 18.0 Å². The van der Waals surface area contributed by atoms with Gasteiger partial charge >= 0.3 is 6.18 Å². The monoisotopic (exact) mass is 468 g/mol. The SMILES string of the molecule is CCOc1c(Cl)cc(/C=C/C(=O)N2CCN(c3cccc(C(F)(F)F)c3)CC2)cc1OC. The van der Waals surface area contributed by atoms with E-state index in [1.807, 2.05) is 11.8 Å². The second-order valence-corrected chi connectivity index (χ2v) is 7.57.